The van der Waals surface area contributed by atoms with Crippen molar-refractivity contribution in [3.63, 3.8) is 0 Å². The number of hydrogen-bond donors (Lipinski definition) is 1. The summed E-state index contributed by atoms with van der Waals surface area (Å²) in [4.78, 5) is 0. The van der Waals surface area contributed by atoms with Crippen LogP contribution in [0.1, 0.15) is 6.42 Å². The van der Waals surface area contributed by atoms with E-state index in [9.17, 15) is 8.42 Å². The summed E-state index contributed by atoms with van der Waals surface area (Å²) >= 11 is 0. The van der Waals surface area contributed by atoms with Gasteiger partial charge in [-0.05, 0) is 19.4 Å². The second kappa shape index (κ2) is 5.79. The predicted molar refractivity (Wildman–Crippen MR) is 59.3 cm³/mol. The molecule has 90 valence electrons. The fourth-order valence-corrected chi connectivity index (χ4v) is 3.03. The fourth-order valence-electron chi connectivity index (χ4n) is 1.55. The van der Waals surface area contributed by atoms with Crippen LogP contribution in [0, 0.1) is 5.92 Å². The van der Waals surface area contributed by atoms with Crippen molar-refractivity contribution in [1.29, 1.82) is 0 Å². The topological polar surface area (TPSA) is 58.6 Å². The minimum Gasteiger partial charge on any atom is -0.381 e. The molecule has 15 heavy (non-hydrogen) atoms. The Labute approximate surface area is 91.8 Å². The van der Waals surface area contributed by atoms with Crippen LogP contribution in [0.25, 0.3) is 0 Å². The van der Waals surface area contributed by atoms with E-state index in [2.05, 4.69) is 5.32 Å². The molecular formula is C9H20N2O3S. The molecule has 0 aromatic carbocycles. The fraction of sp³-hybridized carbons (Fsp3) is 1.00. The van der Waals surface area contributed by atoms with Gasteiger partial charge >= 0.3 is 0 Å². The third-order valence-corrected chi connectivity index (χ3v) is 4.65. The smallest absolute Gasteiger partial charge is 0.214 e. The van der Waals surface area contributed by atoms with Crippen LogP contribution in [0.2, 0.25) is 0 Å². The molecular weight excluding hydrogens is 216 g/mol. The molecule has 0 aromatic heterocycles. The van der Waals surface area contributed by atoms with E-state index >= 15 is 0 Å². The summed E-state index contributed by atoms with van der Waals surface area (Å²) < 4.78 is 30.3. The van der Waals surface area contributed by atoms with E-state index in [-0.39, 0.29) is 11.7 Å². The first-order chi connectivity index (χ1) is 7.06. The SMILES string of the molecule is CNCCN(C)S(=O)(=O)CC1CCOC1. The van der Waals surface area contributed by atoms with Crippen LogP contribution in [-0.2, 0) is 14.8 Å². The van der Waals surface area contributed by atoms with Crippen molar-refractivity contribution >= 4 is 10.0 Å². The van der Waals surface area contributed by atoms with Gasteiger partial charge in [0.05, 0.1) is 12.4 Å². The van der Waals surface area contributed by atoms with Crippen molar-refractivity contribution in [1.82, 2.24) is 9.62 Å². The zero-order chi connectivity index (χ0) is 11.3. The predicted octanol–water partition coefficient (Wildman–Crippen LogP) is -0.496. The van der Waals surface area contributed by atoms with Gasteiger partial charge in [-0.3, -0.25) is 0 Å². The van der Waals surface area contributed by atoms with Crippen LogP contribution in [0.4, 0.5) is 0 Å². The van der Waals surface area contributed by atoms with Gasteiger partial charge in [0.25, 0.3) is 0 Å². The molecule has 0 saturated carbocycles. The lowest BCUT2D eigenvalue weighted by Gasteiger charge is -2.18. The Balaban J connectivity index is 2.42. The van der Waals surface area contributed by atoms with Gasteiger partial charge in [-0.2, -0.15) is 0 Å². The van der Waals surface area contributed by atoms with E-state index in [1.807, 2.05) is 7.05 Å². The third kappa shape index (κ3) is 4.06. The number of nitrogens with one attached hydrogen (secondary N) is 1. The van der Waals surface area contributed by atoms with Crippen LogP contribution in [0.3, 0.4) is 0 Å². The van der Waals surface area contributed by atoms with Crippen molar-refractivity contribution in [2.45, 2.75) is 6.42 Å². The molecule has 5 nitrogen and oxygen atoms in total. The molecule has 0 aromatic rings. The van der Waals surface area contributed by atoms with Crippen LogP contribution in [0.15, 0.2) is 0 Å². The number of sulfonamides is 1. The quantitative estimate of drug-likeness (QED) is 0.676. The number of likely N-dealkylation sites (N-methyl/N-ethyl adjacent to an activating group) is 2. The third-order valence-electron chi connectivity index (χ3n) is 2.62. The summed E-state index contributed by atoms with van der Waals surface area (Å²) in [6.45, 7) is 2.48. The highest BCUT2D eigenvalue weighted by atomic mass is 32.2. The molecule has 0 aliphatic carbocycles. The molecule has 0 bridgehead atoms. The van der Waals surface area contributed by atoms with Gasteiger partial charge in [-0.25, -0.2) is 12.7 Å². The molecule has 1 unspecified atom stereocenters. The van der Waals surface area contributed by atoms with Gasteiger partial charge in [0.15, 0.2) is 0 Å². The van der Waals surface area contributed by atoms with Crippen molar-refractivity contribution in [2.75, 3.05) is 46.2 Å². The molecule has 1 heterocycles. The van der Waals surface area contributed by atoms with E-state index in [1.54, 1.807) is 7.05 Å². The summed E-state index contributed by atoms with van der Waals surface area (Å²) in [5.41, 5.74) is 0. The molecule has 0 amide bonds. The number of rotatable bonds is 6. The van der Waals surface area contributed by atoms with Crippen LogP contribution >= 0.6 is 0 Å². The van der Waals surface area contributed by atoms with E-state index in [0.717, 1.165) is 6.42 Å². The molecule has 1 rings (SSSR count). The van der Waals surface area contributed by atoms with E-state index in [1.165, 1.54) is 4.31 Å². The molecule has 1 aliphatic heterocycles. The first-order valence-corrected chi connectivity index (χ1v) is 6.83. The second-order valence-corrected chi connectivity index (χ2v) is 6.05. The number of nitrogens with zero attached hydrogens (tertiary/aromatic N) is 1. The number of hydrogen-bond acceptors (Lipinski definition) is 4. The Morgan fingerprint density at radius 3 is 2.80 bits per heavy atom. The summed E-state index contributed by atoms with van der Waals surface area (Å²) in [5.74, 6) is 0.389. The van der Waals surface area contributed by atoms with E-state index in [4.69, 9.17) is 4.74 Å². The Kier molecular flexibility index (Phi) is 4.98. The first kappa shape index (κ1) is 12.9. The summed E-state index contributed by atoms with van der Waals surface area (Å²) in [6, 6.07) is 0. The van der Waals surface area contributed by atoms with Gasteiger partial charge in [-0.15, -0.1) is 0 Å². The maximum Gasteiger partial charge on any atom is 0.214 e. The largest absolute Gasteiger partial charge is 0.381 e. The Morgan fingerprint density at radius 2 is 2.27 bits per heavy atom. The molecule has 1 atom stereocenters. The van der Waals surface area contributed by atoms with Gasteiger partial charge in [0.1, 0.15) is 0 Å². The molecule has 1 aliphatic rings. The highest BCUT2D eigenvalue weighted by molar-refractivity contribution is 7.89. The lowest BCUT2D eigenvalue weighted by atomic mass is 10.2. The van der Waals surface area contributed by atoms with Gasteiger partial charge in [0, 0.05) is 26.7 Å². The minimum absolute atomic E-state index is 0.173. The second-order valence-electron chi connectivity index (χ2n) is 3.93. The van der Waals surface area contributed by atoms with Crippen molar-refractivity contribution in [3.8, 4) is 0 Å². The van der Waals surface area contributed by atoms with Gasteiger partial charge < -0.3 is 10.1 Å². The molecule has 0 radical (unpaired) electrons. The zero-order valence-corrected chi connectivity index (χ0v) is 10.2. The monoisotopic (exact) mass is 236 g/mol. The average Bonchev–Trinajstić information content (AvgIpc) is 2.65. The van der Waals surface area contributed by atoms with E-state index < -0.39 is 10.0 Å². The summed E-state index contributed by atoms with van der Waals surface area (Å²) in [5, 5.41) is 2.93. The molecule has 1 fully saturated rings. The molecule has 1 saturated heterocycles. The summed E-state index contributed by atoms with van der Waals surface area (Å²) in [7, 11) is 0.336. The molecule has 6 heteroatoms. The molecule has 1 N–H and O–H groups in total. The maximum atomic E-state index is 11.8. The standard InChI is InChI=1S/C9H20N2O3S/c1-10-4-5-11(2)15(12,13)8-9-3-6-14-7-9/h9-10H,3-8H2,1-2H3. The van der Waals surface area contributed by atoms with Crippen molar-refractivity contribution < 1.29 is 13.2 Å². The van der Waals surface area contributed by atoms with Crippen LogP contribution in [-0.4, -0.2) is 58.9 Å². The average molecular weight is 236 g/mol. The lowest BCUT2D eigenvalue weighted by molar-refractivity contribution is 0.188. The molecule has 0 spiro atoms. The normalized spacial score (nSPS) is 22.5. The zero-order valence-electron chi connectivity index (χ0n) is 9.40. The Hall–Kier alpha value is -0.170. The summed E-state index contributed by atoms with van der Waals surface area (Å²) in [6.07, 6.45) is 0.860. The number of ether oxygens (including phenoxy) is 1. The highest BCUT2D eigenvalue weighted by Crippen LogP contribution is 2.15. The highest BCUT2D eigenvalue weighted by Gasteiger charge is 2.25. The van der Waals surface area contributed by atoms with Crippen LogP contribution in [0.5, 0.6) is 0 Å². The van der Waals surface area contributed by atoms with Crippen LogP contribution < -0.4 is 5.32 Å². The first-order valence-electron chi connectivity index (χ1n) is 5.22. The minimum atomic E-state index is -3.10. The van der Waals surface area contributed by atoms with Crippen molar-refractivity contribution in [3.05, 3.63) is 0 Å². The van der Waals surface area contributed by atoms with Crippen molar-refractivity contribution in [2.24, 2.45) is 5.92 Å². The lowest BCUT2D eigenvalue weighted by Crippen LogP contribution is -2.36. The Bertz CT molecular complexity index is 273. The van der Waals surface area contributed by atoms with E-state index in [0.29, 0.717) is 26.3 Å². The van der Waals surface area contributed by atoms with Gasteiger partial charge in [0.2, 0.25) is 10.0 Å². The maximum absolute atomic E-state index is 11.8. The Morgan fingerprint density at radius 1 is 1.53 bits per heavy atom. The van der Waals surface area contributed by atoms with Gasteiger partial charge in [-0.1, -0.05) is 0 Å².